The normalized spacial score (nSPS) is 15.2. The van der Waals surface area contributed by atoms with E-state index >= 15 is 0 Å². The zero-order valence-electron chi connectivity index (χ0n) is 18.7. The molecule has 0 spiro atoms. The van der Waals surface area contributed by atoms with E-state index < -0.39 is 24.0 Å². The van der Waals surface area contributed by atoms with Gasteiger partial charge in [-0.05, 0) is 43.2 Å². The van der Waals surface area contributed by atoms with Crippen molar-refractivity contribution in [2.45, 2.75) is 33.0 Å². The molecule has 0 aliphatic carbocycles. The molecule has 8 nitrogen and oxygen atoms in total. The molecule has 1 aliphatic rings. The molecule has 13 heteroatoms. The topological polar surface area (TPSA) is 98.1 Å². The van der Waals surface area contributed by atoms with Crippen LogP contribution in [0.1, 0.15) is 52.1 Å². The number of allylic oxidation sites excluding steroid dienone is 1. The first-order valence-corrected chi connectivity index (χ1v) is 11.6. The molecule has 1 amide bonds. The lowest BCUT2D eigenvalue weighted by molar-refractivity contribution is -0.145. The molecule has 0 radical (unpaired) electrons. The van der Waals surface area contributed by atoms with Gasteiger partial charge in [0.15, 0.2) is 0 Å². The summed E-state index contributed by atoms with van der Waals surface area (Å²) in [5.41, 5.74) is 1.70. The fourth-order valence-electron chi connectivity index (χ4n) is 3.61. The zero-order valence-corrected chi connectivity index (χ0v) is 20.2. The molecular weight excluding hydrogens is 507 g/mol. The van der Waals surface area contributed by atoms with Gasteiger partial charge < -0.3 is 15.4 Å². The summed E-state index contributed by atoms with van der Waals surface area (Å²) in [6.07, 6.45) is -3.07. The van der Waals surface area contributed by atoms with E-state index in [1.807, 2.05) is 0 Å². The predicted molar refractivity (Wildman–Crippen MR) is 126 cm³/mol. The molecule has 3 heterocycles. The molecule has 2 N–H and O–H groups in total. The monoisotopic (exact) mass is 525 g/mol. The van der Waals surface area contributed by atoms with Gasteiger partial charge >= 0.3 is 12.1 Å². The largest absolute Gasteiger partial charge is 0.462 e. The van der Waals surface area contributed by atoms with Crippen LogP contribution in [0.25, 0.3) is 5.70 Å². The van der Waals surface area contributed by atoms with Gasteiger partial charge in [-0.1, -0.05) is 23.7 Å². The number of hydrogen-bond acceptors (Lipinski definition) is 7. The van der Waals surface area contributed by atoms with Crippen molar-refractivity contribution in [1.29, 1.82) is 0 Å². The van der Waals surface area contributed by atoms with Crippen LogP contribution in [0.4, 0.5) is 24.1 Å². The van der Waals surface area contributed by atoms with Gasteiger partial charge in [-0.2, -0.15) is 18.2 Å². The van der Waals surface area contributed by atoms with Crippen LogP contribution in [0.5, 0.6) is 0 Å². The van der Waals surface area contributed by atoms with Gasteiger partial charge in [-0.3, -0.25) is 4.79 Å². The number of aromatic nitrogens is 3. The molecule has 0 saturated carbocycles. The van der Waals surface area contributed by atoms with Crippen molar-refractivity contribution in [3.8, 4) is 0 Å². The minimum Gasteiger partial charge on any atom is -0.462 e. The molecule has 0 bridgehead atoms. The van der Waals surface area contributed by atoms with Crippen LogP contribution in [-0.4, -0.2) is 33.2 Å². The molecule has 1 atom stereocenters. The van der Waals surface area contributed by atoms with E-state index in [0.717, 1.165) is 16.0 Å². The number of halogens is 4. The van der Waals surface area contributed by atoms with Crippen LogP contribution in [-0.2, 0) is 15.7 Å². The fraction of sp³-hybridized carbons (Fsp3) is 0.273. The van der Waals surface area contributed by atoms with Gasteiger partial charge in [0.1, 0.15) is 11.0 Å². The minimum atomic E-state index is -4.74. The molecule has 0 fully saturated rings. The van der Waals surface area contributed by atoms with Gasteiger partial charge in [0.25, 0.3) is 5.82 Å². The number of amides is 1. The molecule has 1 aromatic carbocycles. The van der Waals surface area contributed by atoms with E-state index in [2.05, 4.69) is 20.7 Å². The number of ether oxygens (including phenoxy) is 1. The summed E-state index contributed by atoms with van der Waals surface area (Å²) in [5.74, 6) is -2.42. The van der Waals surface area contributed by atoms with Crippen LogP contribution >= 0.6 is 22.9 Å². The number of thiophene rings is 1. The summed E-state index contributed by atoms with van der Waals surface area (Å²) in [6, 6.07) is 5.85. The van der Waals surface area contributed by atoms with Gasteiger partial charge in [-0.25, -0.2) is 9.48 Å². The summed E-state index contributed by atoms with van der Waals surface area (Å²) in [4.78, 5) is 28.5. The van der Waals surface area contributed by atoms with E-state index in [1.165, 1.54) is 6.92 Å². The van der Waals surface area contributed by atoms with Crippen LogP contribution in [0.2, 0.25) is 5.02 Å². The van der Waals surface area contributed by atoms with E-state index in [4.69, 9.17) is 16.3 Å². The molecule has 184 valence electrons. The molecule has 1 aliphatic heterocycles. The van der Waals surface area contributed by atoms with E-state index in [-0.39, 0.29) is 29.0 Å². The van der Waals surface area contributed by atoms with Crippen molar-refractivity contribution in [2.24, 2.45) is 0 Å². The first-order chi connectivity index (χ1) is 16.5. The molecule has 3 aromatic rings. The van der Waals surface area contributed by atoms with Crippen LogP contribution < -0.4 is 10.6 Å². The van der Waals surface area contributed by atoms with Gasteiger partial charge in [0, 0.05) is 11.9 Å². The van der Waals surface area contributed by atoms with Crippen LogP contribution in [0, 0.1) is 6.92 Å². The summed E-state index contributed by atoms with van der Waals surface area (Å²) in [7, 11) is 0. The Morgan fingerprint density at radius 1 is 1.29 bits per heavy atom. The number of nitrogens with zero attached hydrogens (tertiary/aromatic N) is 3. The Bertz CT molecular complexity index is 1330. The number of anilines is 2. The Labute approximate surface area is 206 Å². The van der Waals surface area contributed by atoms with E-state index in [9.17, 15) is 22.8 Å². The number of carbonyl (C=O) groups is 2. The number of esters is 1. The minimum absolute atomic E-state index is 0.124. The second-order valence-electron chi connectivity index (χ2n) is 7.57. The predicted octanol–water partition coefficient (Wildman–Crippen LogP) is 5.51. The van der Waals surface area contributed by atoms with Crippen LogP contribution in [0.15, 0.2) is 30.3 Å². The van der Waals surface area contributed by atoms with Crippen molar-refractivity contribution in [3.05, 3.63) is 62.8 Å². The second kappa shape index (κ2) is 9.34. The van der Waals surface area contributed by atoms with E-state index in [0.29, 0.717) is 26.7 Å². The third-order valence-corrected chi connectivity index (χ3v) is 6.58. The Hall–Kier alpha value is -3.38. The SMILES string of the molecule is CCOC(=O)c1c(NC(C)=O)sc(C2=C[C@@H](c3ccc(Cl)cc3)n3nc(C(F)(F)F)nc3N2)c1C. The third kappa shape index (κ3) is 4.89. The highest BCUT2D eigenvalue weighted by Crippen LogP contribution is 2.42. The highest BCUT2D eigenvalue weighted by Gasteiger charge is 2.39. The maximum absolute atomic E-state index is 13.4. The highest BCUT2D eigenvalue weighted by atomic mass is 35.5. The fourth-order valence-corrected chi connectivity index (χ4v) is 4.96. The first-order valence-electron chi connectivity index (χ1n) is 10.4. The van der Waals surface area contributed by atoms with Crippen molar-refractivity contribution in [2.75, 3.05) is 17.2 Å². The number of benzene rings is 1. The summed E-state index contributed by atoms with van der Waals surface area (Å²) in [5, 5.41) is 9.95. The number of hydrogen-bond donors (Lipinski definition) is 2. The average molecular weight is 526 g/mol. The number of alkyl halides is 3. The summed E-state index contributed by atoms with van der Waals surface area (Å²) >= 11 is 7.09. The molecular formula is C22H19ClF3N5O3S. The van der Waals surface area contributed by atoms with E-state index in [1.54, 1.807) is 44.2 Å². The Kier molecular flexibility index (Phi) is 6.60. The summed E-state index contributed by atoms with van der Waals surface area (Å²) < 4.78 is 46.5. The Morgan fingerprint density at radius 3 is 2.57 bits per heavy atom. The Balaban J connectivity index is 1.86. The smallest absolute Gasteiger partial charge is 0.453 e. The Morgan fingerprint density at radius 2 is 1.97 bits per heavy atom. The molecule has 0 saturated heterocycles. The van der Waals surface area contributed by atoms with Gasteiger partial charge in [0.05, 0.1) is 22.7 Å². The molecule has 0 unspecified atom stereocenters. The second-order valence-corrected chi connectivity index (χ2v) is 9.02. The standard InChI is InChI=1S/C22H19ClF3N5O3S/c1-4-34-19(33)16-10(2)17(35-18(16)27-11(3)32)14-9-15(12-5-7-13(23)8-6-12)31-21(28-14)29-20(30-31)22(24,25)26/h5-9,15H,4H2,1-3H3,(H,27,32)(H,28,29,30)/t15-/m0/s1. The lowest BCUT2D eigenvalue weighted by Gasteiger charge is -2.24. The quantitative estimate of drug-likeness (QED) is 0.426. The number of carbonyl (C=O) groups excluding carboxylic acids is 2. The molecule has 2 aromatic heterocycles. The molecule has 35 heavy (non-hydrogen) atoms. The summed E-state index contributed by atoms with van der Waals surface area (Å²) in [6.45, 7) is 4.76. The van der Waals surface area contributed by atoms with Crippen molar-refractivity contribution < 1.29 is 27.5 Å². The highest BCUT2D eigenvalue weighted by molar-refractivity contribution is 7.18. The lowest BCUT2D eigenvalue weighted by atomic mass is 10.0. The van der Waals surface area contributed by atoms with Crippen molar-refractivity contribution in [1.82, 2.24) is 14.8 Å². The number of fused-ring (bicyclic) bond motifs is 1. The maximum atomic E-state index is 13.4. The zero-order chi connectivity index (χ0) is 25.5. The molecule has 4 rings (SSSR count). The van der Waals surface area contributed by atoms with Crippen molar-refractivity contribution >= 4 is 51.5 Å². The third-order valence-electron chi connectivity index (χ3n) is 5.09. The average Bonchev–Trinajstić information content (AvgIpc) is 3.34. The van der Waals surface area contributed by atoms with Gasteiger partial charge in [0.2, 0.25) is 11.9 Å². The maximum Gasteiger partial charge on any atom is 0.453 e. The number of nitrogens with one attached hydrogen (secondary N) is 2. The van der Waals surface area contributed by atoms with Gasteiger partial charge in [-0.15, -0.1) is 16.4 Å². The lowest BCUT2D eigenvalue weighted by Crippen LogP contribution is -2.20. The van der Waals surface area contributed by atoms with Crippen molar-refractivity contribution in [3.63, 3.8) is 0 Å². The first kappa shape index (κ1) is 24.7. The number of rotatable bonds is 5. The van der Waals surface area contributed by atoms with Crippen LogP contribution in [0.3, 0.4) is 0 Å².